The van der Waals surface area contributed by atoms with Crippen molar-refractivity contribution >= 4 is 17.1 Å². The molecule has 1 heterocycles. The smallest absolute Gasteiger partial charge is 0.298 e. The normalized spacial score (nSPS) is 10.8. The quantitative estimate of drug-likeness (QED) is 0.395. The standard InChI is InChI=1S/C24H24N2O4/c1-28-19-11-13-20(14-12-19)29-16-6-15-26(17-18-7-2-4-9-22(18)27)24-25-21-8-3-5-10-23(21)30-24/h2-5,7-14,27H,6,15-17H2,1H3. The maximum absolute atomic E-state index is 10.2. The number of rotatable bonds is 9. The molecular formula is C24H24N2O4. The average Bonchev–Trinajstić information content (AvgIpc) is 3.22. The second kappa shape index (κ2) is 9.22. The van der Waals surface area contributed by atoms with Crippen molar-refractivity contribution in [2.45, 2.75) is 13.0 Å². The van der Waals surface area contributed by atoms with Crippen LogP contribution in [0, 0.1) is 0 Å². The van der Waals surface area contributed by atoms with Crippen LogP contribution in [0.1, 0.15) is 12.0 Å². The minimum atomic E-state index is 0.257. The fourth-order valence-electron chi connectivity index (χ4n) is 3.21. The molecule has 3 aromatic carbocycles. The molecule has 154 valence electrons. The summed E-state index contributed by atoms with van der Waals surface area (Å²) in [6, 6.07) is 23.0. The second-order valence-corrected chi connectivity index (χ2v) is 6.89. The lowest BCUT2D eigenvalue weighted by Gasteiger charge is -2.21. The first kappa shape index (κ1) is 19.6. The van der Waals surface area contributed by atoms with Crippen LogP contribution in [0.4, 0.5) is 6.01 Å². The minimum Gasteiger partial charge on any atom is -0.508 e. The van der Waals surface area contributed by atoms with Crippen molar-refractivity contribution in [1.29, 1.82) is 0 Å². The highest BCUT2D eigenvalue weighted by molar-refractivity contribution is 5.74. The first-order valence-electron chi connectivity index (χ1n) is 9.87. The van der Waals surface area contributed by atoms with Gasteiger partial charge in [0.25, 0.3) is 6.01 Å². The lowest BCUT2D eigenvalue weighted by molar-refractivity contribution is 0.309. The zero-order valence-electron chi connectivity index (χ0n) is 16.8. The van der Waals surface area contributed by atoms with E-state index in [1.54, 1.807) is 13.2 Å². The van der Waals surface area contributed by atoms with Gasteiger partial charge in [0, 0.05) is 12.1 Å². The number of hydrogen-bond donors (Lipinski definition) is 1. The average molecular weight is 404 g/mol. The van der Waals surface area contributed by atoms with Crippen LogP contribution in [0.25, 0.3) is 11.1 Å². The molecule has 0 fully saturated rings. The molecule has 0 bridgehead atoms. The molecule has 4 rings (SSSR count). The van der Waals surface area contributed by atoms with Crippen LogP contribution >= 0.6 is 0 Å². The molecule has 0 saturated carbocycles. The monoisotopic (exact) mass is 404 g/mol. The molecule has 0 aliphatic heterocycles. The number of ether oxygens (including phenoxy) is 2. The van der Waals surface area contributed by atoms with E-state index < -0.39 is 0 Å². The predicted molar refractivity (Wildman–Crippen MR) is 116 cm³/mol. The van der Waals surface area contributed by atoms with E-state index in [0.717, 1.165) is 34.6 Å². The Morgan fingerprint density at radius 3 is 2.43 bits per heavy atom. The summed E-state index contributed by atoms with van der Waals surface area (Å²) in [6.07, 6.45) is 0.762. The molecule has 30 heavy (non-hydrogen) atoms. The fourth-order valence-corrected chi connectivity index (χ4v) is 3.21. The number of anilines is 1. The van der Waals surface area contributed by atoms with Gasteiger partial charge in [0.05, 0.1) is 20.3 Å². The molecule has 1 N–H and O–H groups in total. The van der Waals surface area contributed by atoms with Crippen LogP contribution in [-0.4, -0.2) is 30.4 Å². The van der Waals surface area contributed by atoms with Crippen molar-refractivity contribution in [1.82, 2.24) is 4.98 Å². The molecule has 6 nitrogen and oxygen atoms in total. The molecule has 0 radical (unpaired) electrons. The number of methoxy groups -OCH3 is 1. The Kier molecular flexibility index (Phi) is 6.03. The third-order valence-corrected chi connectivity index (χ3v) is 4.81. The number of phenolic OH excluding ortho intramolecular Hbond substituents is 1. The molecule has 0 amide bonds. The summed E-state index contributed by atoms with van der Waals surface area (Å²) in [5.74, 6) is 1.85. The van der Waals surface area contributed by atoms with Crippen LogP contribution in [-0.2, 0) is 6.54 Å². The molecule has 4 aromatic rings. The van der Waals surface area contributed by atoms with Crippen LogP contribution in [0.5, 0.6) is 17.2 Å². The van der Waals surface area contributed by atoms with Gasteiger partial charge in [-0.3, -0.25) is 0 Å². The highest BCUT2D eigenvalue weighted by Gasteiger charge is 2.16. The third-order valence-electron chi connectivity index (χ3n) is 4.81. The van der Waals surface area contributed by atoms with Crippen molar-refractivity contribution in [3.8, 4) is 17.2 Å². The molecule has 0 aliphatic rings. The number of phenols is 1. The Labute approximate surface area is 175 Å². The van der Waals surface area contributed by atoms with E-state index in [2.05, 4.69) is 4.98 Å². The van der Waals surface area contributed by atoms with Crippen LogP contribution in [0.15, 0.2) is 77.2 Å². The number of benzene rings is 3. The van der Waals surface area contributed by atoms with Crippen LogP contribution in [0.2, 0.25) is 0 Å². The summed E-state index contributed by atoms with van der Waals surface area (Å²) < 4.78 is 17.0. The van der Waals surface area contributed by atoms with Gasteiger partial charge in [-0.05, 0) is 48.9 Å². The summed E-state index contributed by atoms with van der Waals surface area (Å²) in [5.41, 5.74) is 2.37. The summed E-state index contributed by atoms with van der Waals surface area (Å²) in [5, 5.41) is 10.2. The van der Waals surface area contributed by atoms with Crippen LogP contribution < -0.4 is 14.4 Å². The molecule has 0 unspecified atom stereocenters. The Balaban J connectivity index is 1.44. The largest absolute Gasteiger partial charge is 0.508 e. The lowest BCUT2D eigenvalue weighted by atomic mass is 10.2. The summed E-state index contributed by atoms with van der Waals surface area (Å²) >= 11 is 0. The van der Waals surface area contributed by atoms with Crippen LogP contribution in [0.3, 0.4) is 0 Å². The van der Waals surface area contributed by atoms with Gasteiger partial charge in [0.2, 0.25) is 0 Å². The summed E-state index contributed by atoms with van der Waals surface area (Å²) in [4.78, 5) is 6.64. The first-order chi connectivity index (χ1) is 14.7. The predicted octanol–water partition coefficient (Wildman–Crippen LogP) is 5.02. The molecule has 6 heteroatoms. The van der Waals surface area contributed by atoms with E-state index in [0.29, 0.717) is 25.7 Å². The second-order valence-electron chi connectivity index (χ2n) is 6.89. The number of oxazole rings is 1. The van der Waals surface area contributed by atoms with Gasteiger partial charge in [-0.2, -0.15) is 4.98 Å². The number of aromatic nitrogens is 1. The maximum Gasteiger partial charge on any atom is 0.298 e. The van der Waals surface area contributed by atoms with Crippen molar-refractivity contribution in [2.24, 2.45) is 0 Å². The Bertz CT molecular complexity index is 1060. The zero-order chi connectivity index (χ0) is 20.8. The van der Waals surface area contributed by atoms with Gasteiger partial charge in [-0.1, -0.05) is 30.3 Å². The van der Waals surface area contributed by atoms with Gasteiger partial charge in [-0.25, -0.2) is 0 Å². The van der Waals surface area contributed by atoms with E-state index in [1.165, 1.54) is 0 Å². The Morgan fingerprint density at radius 2 is 1.67 bits per heavy atom. The highest BCUT2D eigenvalue weighted by Crippen LogP contribution is 2.26. The molecule has 0 aliphatic carbocycles. The lowest BCUT2D eigenvalue weighted by Crippen LogP contribution is -2.25. The Hall–Kier alpha value is -3.67. The van der Waals surface area contributed by atoms with E-state index in [-0.39, 0.29) is 5.75 Å². The van der Waals surface area contributed by atoms with E-state index >= 15 is 0 Å². The van der Waals surface area contributed by atoms with Crippen molar-refractivity contribution in [3.63, 3.8) is 0 Å². The molecule has 0 saturated heterocycles. The zero-order valence-corrected chi connectivity index (χ0v) is 16.8. The molecular weight excluding hydrogens is 380 g/mol. The van der Waals surface area contributed by atoms with E-state index in [1.807, 2.05) is 71.6 Å². The number of hydrogen-bond acceptors (Lipinski definition) is 6. The highest BCUT2D eigenvalue weighted by atomic mass is 16.5. The minimum absolute atomic E-state index is 0.257. The molecule has 1 aromatic heterocycles. The Morgan fingerprint density at radius 1 is 0.933 bits per heavy atom. The SMILES string of the molecule is COc1ccc(OCCCN(Cc2ccccc2O)c2nc3ccccc3o2)cc1. The third kappa shape index (κ3) is 4.66. The first-order valence-corrected chi connectivity index (χ1v) is 9.87. The number of aromatic hydroxyl groups is 1. The summed E-state index contributed by atoms with van der Waals surface area (Å²) in [7, 11) is 1.64. The van der Waals surface area contributed by atoms with Gasteiger partial charge in [0.1, 0.15) is 22.8 Å². The van der Waals surface area contributed by atoms with Gasteiger partial charge in [0.15, 0.2) is 5.58 Å². The van der Waals surface area contributed by atoms with Gasteiger partial charge in [-0.15, -0.1) is 0 Å². The molecule has 0 spiro atoms. The van der Waals surface area contributed by atoms with E-state index in [4.69, 9.17) is 13.9 Å². The fraction of sp³-hybridized carbons (Fsp3) is 0.208. The maximum atomic E-state index is 10.2. The van der Waals surface area contributed by atoms with Crippen molar-refractivity contribution in [3.05, 3.63) is 78.4 Å². The topological polar surface area (TPSA) is 68.0 Å². The van der Waals surface area contributed by atoms with Gasteiger partial charge >= 0.3 is 0 Å². The molecule has 0 atom stereocenters. The number of fused-ring (bicyclic) bond motifs is 1. The number of nitrogens with zero attached hydrogens (tertiary/aromatic N) is 2. The number of para-hydroxylation sites is 3. The van der Waals surface area contributed by atoms with E-state index in [9.17, 15) is 5.11 Å². The van der Waals surface area contributed by atoms with Gasteiger partial charge < -0.3 is 23.9 Å². The van der Waals surface area contributed by atoms with Crippen molar-refractivity contribution in [2.75, 3.05) is 25.2 Å². The van der Waals surface area contributed by atoms with Crippen molar-refractivity contribution < 1.29 is 19.0 Å². The summed E-state index contributed by atoms with van der Waals surface area (Å²) in [6.45, 7) is 1.70.